The molecular weight excluding hydrogens is 280 g/mol. The van der Waals surface area contributed by atoms with Gasteiger partial charge in [-0.25, -0.2) is 4.98 Å². The zero-order chi connectivity index (χ0) is 15.5. The Kier molecular flexibility index (Phi) is 4.11. The highest BCUT2D eigenvalue weighted by atomic mass is 16.5. The predicted molar refractivity (Wildman–Crippen MR) is 84.7 cm³/mol. The number of nitrogen functional groups attached to an aromatic ring is 1. The average Bonchev–Trinajstić information content (AvgIpc) is 2.48. The highest BCUT2D eigenvalue weighted by molar-refractivity contribution is 5.30. The standard InChI is InChI=1S/C16H20N4O2/c1-2-22-12-5-3-4-11(8-12)9-20-7-6-14-13(10-20)15(21)19-16(17)18-14/h3-5,8H,2,6-7,9-10H2,1H3,(H3,17,18,19,21). The molecule has 0 radical (unpaired) electrons. The summed E-state index contributed by atoms with van der Waals surface area (Å²) in [6.45, 7) is 4.87. The predicted octanol–water partition coefficient (Wildman–Crippen LogP) is 1.31. The quantitative estimate of drug-likeness (QED) is 0.889. The van der Waals surface area contributed by atoms with Gasteiger partial charge in [-0.3, -0.25) is 14.7 Å². The molecule has 6 nitrogen and oxygen atoms in total. The Balaban J connectivity index is 1.75. The molecule has 0 saturated heterocycles. The van der Waals surface area contributed by atoms with Crippen molar-refractivity contribution in [2.75, 3.05) is 18.9 Å². The van der Waals surface area contributed by atoms with E-state index in [1.165, 1.54) is 5.56 Å². The van der Waals surface area contributed by atoms with Crippen LogP contribution in [0.3, 0.4) is 0 Å². The van der Waals surface area contributed by atoms with Crippen molar-refractivity contribution in [3.05, 3.63) is 51.4 Å². The van der Waals surface area contributed by atoms with Crippen LogP contribution in [0.4, 0.5) is 5.95 Å². The Morgan fingerprint density at radius 3 is 3.14 bits per heavy atom. The molecule has 6 heteroatoms. The number of nitrogens with one attached hydrogen (secondary N) is 1. The first-order valence-electron chi connectivity index (χ1n) is 7.47. The van der Waals surface area contributed by atoms with Crippen molar-refractivity contribution in [3.63, 3.8) is 0 Å². The van der Waals surface area contributed by atoms with Gasteiger partial charge in [0.25, 0.3) is 5.56 Å². The van der Waals surface area contributed by atoms with Crippen molar-refractivity contribution in [2.24, 2.45) is 0 Å². The second-order valence-electron chi connectivity index (χ2n) is 5.42. The van der Waals surface area contributed by atoms with Gasteiger partial charge >= 0.3 is 0 Å². The molecule has 0 aliphatic carbocycles. The molecular formula is C16H20N4O2. The molecule has 0 unspecified atom stereocenters. The van der Waals surface area contributed by atoms with E-state index in [1.807, 2.05) is 25.1 Å². The van der Waals surface area contributed by atoms with Crippen molar-refractivity contribution in [3.8, 4) is 5.75 Å². The number of H-pyrrole nitrogens is 1. The zero-order valence-corrected chi connectivity index (χ0v) is 12.6. The molecule has 116 valence electrons. The molecule has 1 aromatic heterocycles. The highest BCUT2D eigenvalue weighted by Gasteiger charge is 2.20. The lowest BCUT2D eigenvalue weighted by atomic mass is 10.1. The number of ether oxygens (including phenoxy) is 1. The number of aromatic nitrogens is 2. The molecule has 2 heterocycles. The number of fused-ring (bicyclic) bond motifs is 1. The Morgan fingerprint density at radius 2 is 2.32 bits per heavy atom. The van der Waals surface area contributed by atoms with Gasteiger partial charge in [0.05, 0.1) is 17.9 Å². The van der Waals surface area contributed by atoms with E-state index in [2.05, 4.69) is 20.9 Å². The molecule has 0 bridgehead atoms. The van der Waals surface area contributed by atoms with E-state index >= 15 is 0 Å². The molecule has 0 amide bonds. The molecule has 22 heavy (non-hydrogen) atoms. The highest BCUT2D eigenvalue weighted by Crippen LogP contribution is 2.19. The largest absolute Gasteiger partial charge is 0.494 e. The third-order valence-corrected chi connectivity index (χ3v) is 3.78. The molecule has 3 rings (SSSR count). The zero-order valence-electron chi connectivity index (χ0n) is 12.6. The van der Waals surface area contributed by atoms with Crippen molar-refractivity contribution >= 4 is 5.95 Å². The van der Waals surface area contributed by atoms with E-state index in [1.54, 1.807) is 0 Å². The molecule has 0 fully saturated rings. The Morgan fingerprint density at radius 1 is 1.45 bits per heavy atom. The van der Waals surface area contributed by atoms with Crippen molar-refractivity contribution in [2.45, 2.75) is 26.4 Å². The van der Waals surface area contributed by atoms with Crippen LogP contribution >= 0.6 is 0 Å². The van der Waals surface area contributed by atoms with Crippen molar-refractivity contribution in [1.82, 2.24) is 14.9 Å². The number of benzene rings is 1. The van der Waals surface area contributed by atoms with Crippen LogP contribution in [0.5, 0.6) is 5.75 Å². The van der Waals surface area contributed by atoms with E-state index in [0.29, 0.717) is 13.2 Å². The van der Waals surface area contributed by atoms with Crippen LogP contribution in [0.2, 0.25) is 0 Å². The van der Waals surface area contributed by atoms with E-state index in [-0.39, 0.29) is 11.5 Å². The molecule has 0 atom stereocenters. The maximum absolute atomic E-state index is 12.0. The Labute approximate surface area is 128 Å². The summed E-state index contributed by atoms with van der Waals surface area (Å²) in [4.78, 5) is 21.0. The molecule has 1 aromatic carbocycles. The van der Waals surface area contributed by atoms with Crippen LogP contribution in [0.25, 0.3) is 0 Å². The maximum Gasteiger partial charge on any atom is 0.257 e. The van der Waals surface area contributed by atoms with Gasteiger partial charge in [0.2, 0.25) is 5.95 Å². The number of anilines is 1. The summed E-state index contributed by atoms with van der Waals surface area (Å²) in [6.07, 6.45) is 0.745. The summed E-state index contributed by atoms with van der Waals surface area (Å²) in [5.41, 5.74) is 8.18. The summed E-state index contributed by atoms with van der Waals surface area (Å²) < 4.78 is 5.53. The average molecular weight is 300 g/mol. The van der Waals surface area contributed by atoms with Gasteiger partial charge in [-0.05, 0) is 24.6 Å². The molecule has 0 saturated carbocycles. The smallest absolute Gasteiger partial charge is 0.257 e. The van der Waals surface area contributed by atoms with Crippen LogP contribution in [0.1, 0.15) is 23.7 Å². The fraction of sp³-hybridized carbons (Fsp3) is 0.375. The second-order valence-corrected chi connectivity index (χ2v) is 5.42. The van der Waals surface area contributed by atoms with Gasteiger partial charge in [0.15, 0.2) is 0 Å². The fourth-order valence-corrected chi connectivity index (χ4v) is 2.79. The van der Waals surface area contributed by atoms with E-state index in [9.17, 15) is 4.79 Å². The number of hydrogen-bond acceptors (Lipinski definition) is 5. The SMILES string of the molecule is CCOc1cccc(CN2CCc3nc(N)[nH]c(=O)c3C2)c1. The van der Waals surface area contributed by atoms with Gasteiger partial charge in [-0.1, -0.05) is 12.1 Å². The van der Waals surface area contributed by atoms with Crippen LogP contribution in [-0.4, -0.2) is 28.0 Å². The minimum atomic E-state index is -0.129. The first-order chi connectivity index (χ1) is 10.7. The van der Waals surface area contributed by atoms with E-state index in [0.717, 1.165) is 36.5 Å². The lowest BCUT2D eigenvalue weighted by molar-refractivity contribution is 0.241. The van der Waals surface area contributed by atoms with Crippen LogP contribution in [0, 0.1) is 0 Å². The maximum atomic E-state index is 12.0. The first kappa shape index (κ1) is 14.6. The van der Waals surface area contributed by atoms with Crippen molar-refractivity contribution < 1.29 is 4.74 Å². The summed E-state index contributed by atoms with van der Waals surface area (Å²) in [5, 5.41) is 0. The van der Waals surface area contributed by atoms with E-state index in [4.69, 9.17) is 10.5 Å². The first-order valence-corrected chi connectivity index (χ1v) is 7.47. The van der Waals surface area contributed by atoms with Crippen molar-refractivity contribution in [1.29, 1.82) is 0 Å². The molecule has 0 spiro atoms. The number of aromatic amines is 1. The third kappa shape index (κ3) is 3.12. The summed E-state index contributed by atoms with van der Waals surface area (Å²) >= 11 is 0. The monoisotopic (exact) mass is 300 g/mol. The fourth-order valence-electron chi connectivity index (χ4n) is 2.79. The number of rotatable bonds is 4. The minimum Gasteiger partial charge on any atom is -0.494 e. The number of nitrogens with zero attached hydrogens (tertiary/aromatic N) is 2. The van der Waals surface area contributed by atoms with Crippen LogP contribution in [0.15, 0.2) is 29.1 Å². The number of hydrogen-bond donors (Lipinski definition) is 2. The van der Waals surface area contributed by atoms with Gasteiger partial charge in [0.1, 0.15) is 5.75 Å². The normalized spacial score (nSPS) is 14.6. The van der Waals surface area contributed by atoms with Crippen LogP contribution < -0.4 is 16.0 Å². The number of nitrogens with two attached hydrogens (primary N) is 1. The second kappa shape index (κ2) is 6.19. The lowest BCUT2D eigenvalue weighted by Gasteiger charge is -2.27. The van der Waals surface area contributed by atoms with Gasteiger partial charge in [-0.2, -0.15) is 0 Å². The molecule has 2 aromatic rings. The minimum absolute atomic E-state index is 0.129. The summed E-state index contributed by atoms with van der Waals surface area (Å²) in [5.74, 6) is 1.08. The third-order valence-electron chi connectivity index (χ3n) is 3.78. The van der Waals surface area contributed by atoms with Crippen LogP contribution in [-0.2, 0) is 19.5 Å². The van der Waals surface area contributed by atoms with E-state index < -0.39 is 0 Å². The van der Waals surface area contributed by atoms with Gasteiger partial charge in [-0.15, -0.1) is 0 Å². The molecule has 3 N–H and O–H groups in total. The summed E-state index contributed by atoms with van der Waals surface area (Å²) in [6, 6.07) is 8.07. The summed E-state index contributed by atoms with van der Waals surface area (Å²) in [7, 11) is 0. The van der Waals surface area contributed by atoms with Gasteiger partial charge in [0, 0.05) is 26.1 Å². The Hall–Kier alpha value is -2.34. The lowest BCUT2D eigenvalue weighted by Crippen LogP contribution is -2.35. The topological polar surface area (TPSA) is 84.2 Å². The molecule has 1 aliphatic heterocycles. The van der Waals surface area contributed by atoms with Gasteiger partial charge < -0.3 is 10.5 Å². The molecule has 1 aliphatic rings. The Bertz CT molecular complexity index is 726.